The van der Waals surface area contributed by atoms with E-state index < -0.39 is 12.0 Å². The molecule has 1 amide bonds. The molecule has 0 aliphatic heterocycles. The van der Waals surface area contributed by atoms with Gasteiger partial charge < -0.3 is 10.1 Å². The lowest BCUT2D eigenvalue weighted by molar-refractivity contribution is -0.146. The summed E-state index contributed by atoms with van der Waals surface area (Å²) in [7, 11) is 0. The second-order valence-electron chi connectivity index (χ2n) is 2.87. The average molecular weight is 199 g/mol. The third kappa shape index (κ3) is 5.35. The summed E-state index contributed by atoms with van der Waals surface area (Å²) in [5.74, 6) is -0.665. The van der Waals surface area contributed by atoms with Crippen LogP contribution < -0.4 is 5.32 Å². The molecule has 0 rings (SSSR count). The van der Waals surface area contributed by atoms with Crippen LogP contribution in [0.2, 0.25) is 0 Å². The molecule has 4 heteroatoms. The van der Waals surface area contributed by atoms with E-state index >= 15 is 0 Å². The first-order valence-corrected chi connectivity index (χ1v) is 4.68. The van der Waals surface area contributed by atoms with Crippen molar-refractivity contribution >= 4 is 11.9 Å². The van der Waals surface area contributed by atoms with E-state index in [1.165, 1.54) is 6.92 Å². The third-order valence-electron chi connectivity index (χ3n) is 1.45. The fourth-order valence-electron chi connectivity index (χ4n) is 0.889. The largest absolute Gasteiger partial charge is 0.464 e. The van der Waals surface area contributed by atoms with E-state index in [2.05, 4.69) is 5.32 Å². The number of carbonyl (C=O) groups is 2. The Balaban J connectivity index is 4.18. The highest BCUT2D eigenvalue weighted by Crippen LogP contribution is 1.93. The maximum Gasteiger partial charge on any atom is 0.332 e. The van der Waals surface area contributed by atoms with Gasteiger partial charge in [0.15, 0.2) is 0 Å². The number of esters is 1. The maximum atomic E-state index is 11.3. The van der Waals surface area contributed by atoms with Crippen molar-refractivity contribution in [3.63, 3.8) is 0 Å². The van der Waals surface area contributed by atoms with Gasteiger partial charge in [0.2, 0.25) is 5.91 Å². The van der Waals surface area contributed by atoms with E-state index in [9.17, 15) is 9.59 Å². The van der Waals surface area contributed by atoms with Crippen LogP contribution in [-0.4, -0.2) is 24.5 Å². The van der Waals surface area contributed by atoms with Gasteiger partial charge in [-0.25, -0.2) is 4.79 Å². The Bertz CT molecular complexity index is 223. The summed E-state index contributed by atoms with van der Waals surface area (Å²) in [5, 5.41) is 2.49. The van der Waals surface area contributed by atoms with Gasteiger partial charge in [0.25, 0.3) is 0 Å². The van der Waals surface area contributed by atoms with E-state index in [0.29, 0.717) is 6.61 Å². The van der Waals surface area contributed by atoms with Gasteiger partial charge in [-0.05, 0) is 13.3 Å². The third-order valence-corrected chi connectivity index (χ3v) is 1.45. The standard InChI is InChI=1S/C10H17NO3/c1-4-6-9(11-8(3)12)10(13)14-7-5-2/h4,6,9H,5,7H2,1-3H3,(H,11,12). The average Bonchev–Trinajstić information content (AvgIpc) is 2.13. The zero-order valence-electron chi connectivity index (χ0n) is 8.87. The summed E-state index contributed by atoms with van der Waals surface area (Å²) in [6.07, 6.45) is 4.07. The number of ether oxygens (including phenoxy) is 1. The summed E-state index contributed by atoms with van der Waals surface area (Å²) in [4.78, 5) is 22.1. The number of hydrogen-bond donors (Lipinski definition) is 1. The minimum atomic E-state index is -0.663. The van der Waals surface area contributed by atoms with Crippen molar-refractivity contribution in [3.05, 3.63) is 12.2 Å². The van der Waals surface area contributed by atoms with E-state index in [1.54, 1.807) is 19.1 Å². The number of amides is 1. The Morgan fingerprint density at radius 2 is 2.14 bits per heavy atom. The molecule has 14 heavy (non-hydrogen) atoms. The molecule has 0 aromatic heterocycles. The summed E-state index contributed by atoms with van der Waals surface area (Å²) < 4.78 is 4.90. The van der Waals surface area contributed by atoms with Crippen LogP contribution in [0.15, 0.2) is 12.2 Å². The van der Waals surface area contributed by atoms with Crippen LogP contribution in [0.5, 0.6) is 0 Å². The Kier molecular flexibility index (Phi) is 6.45. The van der Waals surface area contributed by atoms with Crippen molar-refractivity contribution in [2.75, 3.05) is 6.61 Å². The molecule has 0 saturated heterocycles. The van der Waals surface area contributed by atoms with Crippen molar-refractivity contribution in [1.82, 2.24) is 5.32 Å². The highest BCUT2D eigenvalue weighted by atomic mass is 16.5. The summed E-state index contributed by atoms with van der Waals surface area (Å²) in [6.45, 7) is 5.44. The Labute approximate surface area is 84.3 Å². The van der Waals surface area contributed by atoms with Crippen LogP contribution in [-0.2, 0) is 14.3 Å². The smallest absolute Gasteiger partial charge is 0.332 e. The van der Waals surface area contributed by atoms with Gasteiger partial charge in [0.05, 0.1) is 6.61 Å². The minimum Gasteiger partial charge on any atom is -0.464 e. The SMILES string of the molecule is CC=CC(NC(C)=O)C(=O)OCCC. The molecule has 0 bridgehead atoms. The Morgan fingerprint density at radius 1 is 1.50 bits per heavy atom. The molecule has 80 valence electrons. The van der Waals surface area contributed by atoms with Crippen molar-refractivity contribution < 1.29 is 14.3 Å². The van der Waals surface area contributed by atoms with Crippen molar-refractivity contribution in [1.29, 1.82) is 0 Å². The molecule has 1 N–H and O–H groups in total. The molecule has 4 nitrogen and oxygen atoms in total. The van der Waals surface area contributed by atoms with Gasteiger partial charge in [-0.15, -0.1) is 0 Å². The van der Waals surface area contributed by atoms with Crippen LogP contribution in [0.1, 0.15) is 27.2 Å². The van der Waals surface area contributed by atoms with E-state index in [-0.39, 0.29) is 5.91 Å². The van der Waals surface area contributed by atoms with Gasteiger partial charge in [0.1, 0.15) is 6.04 Å². The molecule has 0 heterocycles. The molecular weight excluding hydrogens is 182 g/mol. The van der Waals surface area contributed by atoms with Crippen LogP contribution in [0.3, 0.4) is 0 Å². The lowest BCUT2D eigenvalue weighted by atomic mass is 10.2. The van der Waals surface area contributed by atoms with Crippen molar-refractivity contribution in [2.45, 2.75) is 33.2 Å². The predicted octanol–water partition coefficient (Wildman–Crippen LogP) is 1.02. The highest BCUT2D eigenvalue weighted by molar-refractivity contribution is 5.84. The number of nitrogens with one attached hydrogen (secondary N) is 1. The van der Waals surface area contributed by atoms with Crippen LogP contribution in [0.4, 0.5) is 0 Å². The van der Waals surface area contributed by atoms with Crippen LogP contribution in [0, 0.1) is 0 Å². The second kappa shape index (κ2) is 7.12. The number of carbonyl (C=O) groups excluding carboxylic acids is 2. The van der Waals surface area contributed by atoms with Gasteiger partial charge in [-0.3, -0.25) is 4.79 Å². The fraction of sp³-hybridized carbons (Fsp3) is 0.600. The maximum absolute atomic E-state index is 11.3. The molecule has 0 aromatic rings. The first-order valence-electron chi connectivity index (χ1n) is 4.68. The lowest BCUT2D eigenvalue weighted by Gasteiger charge is -2.12. The lowest BCUT2D eigenvalue weighted by Crippen LogP contribution is -2.39. The Hall–Kier alpha value is -1.32. The number of rotatable bonds is 5. The predicted molar refractivity (Wildman–Crippen MR) is 53.7 cm³/mol. The molecule has 0 aromatic carbocycles. The number of hydrogen-bond acceptors (Lipinski definition) is 3. The van der Waals surface area contributed by atoms with Crippen molar-refractivity contribution in [2.24, 2.45) is 0 Å². The molecule has 0 fully saturated rings. The van der Waals surface area contributed by atoms with Crippen molar-refractivity contribution in [3.8, 4) is 0 Å². The fourth-order valence-corrected chi connectivity index (χ4v) is 0.889. The Morgan fingerprint density at radius 3 is 2.57 bits per heavy atom. The van der Waals surface area contributed by atoms with Gasteiger partial charge in [-0.2, -0.15) is 0 Å². The first-order chi connectivity index (χ1) is 6.61. The monoisotopic (exact) mass is 199 g/mol. The van der Waals surface area contributed by atoms with E-state index in [1.807, 2.05) is 6.92 Å². The van der Waals surface area contributed by atoms with Crippen LogP contribution in [0.25, 0.3) is 0 Å². The molecule has 0 aliphatic carbocycles. The topological polar surface area (TPSA) is 55.4 Å². The van der Waals surface area contributed by atoms with Gasteiger partial charge >= 0.3 is 5.97 Å². The first kappa shape index (κ1) is 12.7. The van der Waals surface area contributed by atoms with E-state index in [0.717, 1.165) is 6.42 Å². The zero-order valence-corrected chi connectivity index (χ0v) is 8.87. The quantitative estimate of drug-likeness (QED) is 0.531. The van der Waals surface area contributed by atoms with Gasteiger partial charge in [-0.1, -0.05) is 19.1 Å². The summed E-state index contributed by atoms with van der Waals surface area (Å²) in [6, 6.07) is -0.663. The molecule has 0 saturated carbocycles. The summed E-state index contributed by atoms with van der Waals surface area (Å²) >= 11 is 0. The van der Waals surface area contributed by atoms with Gasteiger partial charge in [0, 0.05) is 6.92 Å². The van der Waals surface area contributed by atoms with Crippen LogP contribution >= 0.6 is 0 Å². The highest BCUT2D eigenvalue weighted by Gasteiger charge is 2.16. The molecular formula is C10H17NO3. The summed E-state index contributed by atoms with van der Waals surface area (Å²) in [5.41, 5.74) is 0. The second-order valence-corrected chi connectivity index (χ2v) is 2.87. The molecule has 0 radical (unpaired) electrons. The van der Waals surface area contributed by atoms with E-state index in [4.69, 9.17) is 4.74 Å². The number of allylic oxidation sites excluding steroid dienone is 1. The minimum absolute atomic E-state index is 0.249. The molecule has 1 atom stereocenters. The zero-order chi connectivity index (χ0) is 11.0. The normalized spacial score (nSPS) is 12.5. The molecule has 0 aliphatic rings. The molecule has 0 spiro atoms. The molecule has 1 unspecified atom stereocenters.